The molecular weight excluding hydrogens is 362 g/mol. The predicted octanol–water partition coefficient (Wildman–Crippen LogP) is 3.65. The molecule has 0 bridgehead atoms. The predicted molar refractivity (Wildman–Crippen MR) is 113 cm³/mol. The van der Waals surface area contributed by atoms with E-state index in [1.165, 1.54) is 0 Å². The number of nitrogens with zero attached hydrogens (tertiary/aromatic N) is 3. The monoisotopic (exact) mass is 382 g/mol. The van der Waals surface area contributed by atoms with E-state index in [1.54, 1.807) is 4.57 Å². The second kappa shape index (κ2) is 6.95. The van der Waals surface area contributed by atoms with Gasteiger partial charge in [-0.2, -0.15) is 9.13 Å². The van der Waals surface area contributed by atoms with E-state index < -0.39 is 0 Å². The first-order chi connectivity index (χ1) is 14.3. The number of para-hydroxylation sites is 2. The summed E-state index contributed by atoms with van der Waals surface area (Å²) in [7, 11) is 0. The van der Waals surface area contributed by atoms with Crippen molar-refractivity contribution in [2.75, 3.05) is 11.4 Å². The summed E-state index contributed by atoms with van der Waals surface area (Å²) in [5.41, 5.74) is 2.52. The molecule has 1 N–H and O–H groups in total. The molecule has 5 nitrogen and oxygen atoms in total. The summed E-state index contributed by atoms with van der Waals surface area (Å²) in [4.78, 5) is 15.8. The lowest BCUT2D eigenvalue weighted by atomic mass is 10.1. The molecule has 142 valence electrons. The lowest BCUT2D eigenvalue weighted by molar-refractivity contribution is -0.679. The third-order valence-electron chi connectivity index (χ3n) is 5.27. The van der Waals surface area contributed by atoms with Crippen molar-refractivity contribution in [3.05, 3.63) is 101 Å². The number of rotatable bonds is 3. The quantitative estimate of drug-likeness (QED) is 0.550. The Morgan fingerprint density at radius 1 is 0.759 bits per heavy atom. The van der Waals surface area contributed by atoms with E-state index in [0.717, 1.165) is 11.4 Å². The molecule has 0 spiro atoms. The number of aromatic hydroxyl groups is 1. The Morgan fingerprint density at radius 2 is 1.31 bits per heavy atom. The smallest absolute Gasteiger partial charge is 0.375 e. The highest BCUT2D eigenvalue weighted by atomic mass is 16.3. The Kier molecular flexibility index (Phi) is 4.13. The van der Waals surface area contributed by atoms with E-state index >= 15 is 0 Å². The fourth-order valence-electron chi connectivity index (χ4n) is 3.94. The lowest BCUT2D eigenvalue weighted by Crippen LogP contribution is -2.40. The van der Waals surface area contributed by atoms with Gasteiger partial charge in [0.25, 0.3) is 5.88 Å². The summed E-state index contributed by atoms with van der Waals surface area (Å²) < 4.78 is 3.52. The zero-order chi connectivity index (χ0) is 19.8. The summed E-state index contributed by atoms with van der Waals surface area (Å²) in [6.07, 6.45) is 0. The lowest BCUT2D eigenvalue weighted by Gasteiger charge is -2.16. The Balaban J connectivity index is 1.85. The van der Waals surface area contributed by atoms with Gasteiger partial charge in [-0.25, -0.2) is 9.69 Å². The van der Waals surface area contributed by atoms with E-state index in [4.69, 9.17) is 0 Å². The first-order valence-electron chi connectivity index (χ1n) is 9.61. The molecule has 0 saturated carbocycles. The van der Waals surface area contributed by atoms with Crippen molar-refractivity contribution in [3.63, 3.8) is 0 Å². The van der Waals surface area contributed by atoms with Crippen molar-refractivity contribution in [1.82, 2.24) is 4.57 Å². The van der Waals surface area contributed by atoms with Crippen molar-refractivity contribution in [3.8, 4) is 22.7 Å². The molecule has 0 unspecified atom stereocenters. The minimum absolute atomic E-state index is 0.00168. The van der Waals surface area contributed by atoms with Gasteiger partial charge in [-0.3, -0.25) is 0 Å². The maximum Gasteiger partial charge on any atom is 0.375 e. The van der Waals surface area contributed by atoms with Crippen LogP contribution in [0, 0.1) is 0 Å². The largest absolute Gasteiger partial charge is 0.483 e. The van der Waals surface area contributed by atoms with Crippen LogP contribution >= 0.6 is 0 Å². The molecule has 1 aliphatic rings. The maximum atomic E-state index is 13.7. The van der Waals surface area contributed by atoms with Crippen molar-refractivity contribution < 1.29 is 9.67 Å². The number of fused-ring (bicyclic) bond motifs is 1. The molecule has 2 heterocycles. The summed E-state index contributed by atoms with van der Waals surface area (Å²) in [6, 6.07) is 28.8. The minimum Gasteiger partial charge on any atom is -0.483 e. The van der Waals surface area contributed by atoms with E-state index in [2.05, 4.69) is 4.90 Å². The number of hydrogen-bond acceptors (Lipinski definition) is 3. The van der Waals surface area contributed by atoms with Crippen LogP contribution in [0.1, 0.15) is 0 Å². The summed E-state index contributed by atoms with van der Waals surface area (Å²) >= 11 is 0. The van der Waals surface area contributed by atoms with Gasteiger partial charge < -0.3 is 5.11 Å². The second-order valence-corrected chi connectivity index (χ2v) is 6.98. The van der Waals surface area contributed by atoms with Gasteiger partial charge in [0.15, 0.2) is 0 Å². The zero-order valence-corrected chi connectivity index (χ0v) is 15.8. The fraction of sp³-hybridized carbons (Fsp3) is 0.0833. The van der Waals surface area contributed by atoms with Crippen molar-refractivity contribution in [2.24, 2.45) is 0 Å². The first kappa shape index (κ1) is 17.3. The van der Waals surface area contributed by atoms with Crippen LogP contribution in [0.15, 0.2) is 95.8 Å². The van der Waals surface area contributed by atoms with E-state index in [-0.39, 0.29) is 11.4 Å². The van der Waals surface area contributed by atoms with Gasteiger partial charge in [0.05, 0.1) is 0 Å². The number of aromatic nitrogens is 2. The van der Waals surface area contributed by atoms with E-state index in [1.807, 2.05) is 95.6 Å². The molecule has 4 aromatic rings. The van der Waals surface area contributed by atoms with Gasteiger partial charge >= 0.3 is 11.5 Å². The molecule has 5 rings (SSSR count). The Labute approximate surface area is 168 Å². The normalized spacial score (nSPS) is 12.8. The fourth-order valence-corrected chi connectivity index (χ4v) is 3.94. The highest BCUT2D eigenvalue weighted by Crippen LogP contribution is 2.32. The van der Waals surface area contributed by atoms with Crippen LogP contribution in [0.3, 0.4) is 0 Å². The van der Waals surface area contributed by atoms with Crippen LogP contribution in [0.4, 0.5) is 11.6 Å². The molecule has 0 aliphatic carbocycles. The molecule has 0 amide bonds. The standard InChI is InChI=1S/C24H19N3O2/c28-22-21(18-10-4-1-5-11-18)23(29)27(20-14-8-3-9-15-20)24-25(16-17-26(22)24)19-12-6-2-7-13-19/h1-15H,16-17H2/p+1. The second-order valence-electron chi connectivity index (χ2n) is 6.98. The Morgan fingerprint density at radius 3 is 1.93 bits per heavy atom. The number of benzene rings is 3. The number of hydrogen-bond donors (Lipinski definition) is 1. The molecule has 29 heavy (non-hydrogen) atoms. The Bertz CT molecular complexity index is 1220. The molecule has 1 aliphatic heterocycles. The van der Waals surface area contributed by atoms with Crippen molar-refractivity contribution >= 4 is 11.6 Å². The van der Waals surface area contributed by atoms with Gasteiger partial charge in [0.1, 0.15) is 30.0 Å². The van der Waals surface area contributed by atoms with Crippen LogP contribution < -0.4 is 15.0 Å². The van der Waals surface area contributed by atoms with Gasteiger partial charge in [-0.1, -0.05) is 66.7 Å². The van der Waals surface area contributed by atoms with Gasteiger partial charge in [0.2, 0.25) is 0 Å². The number of anilines is 2. The molecule has 0 fully saturated rings. The highest BCUT2D eigenvalue weighted by Gasteiger charge is 2.38. The molecular formula is C24H20N3O2+. The zero-order valence-electron chi connectivity index (χ0n) is 15.8. The molecule has 0 saturated heterocycles. The van der Waals surface area contributed by atoms with Gasteiger partial charge in [-0.15, -0.1) is 0 Å². The highest BCUT2D eigenvalue weighted by molar-refractivity contribution is 5.69. The molecule has 5 heteroatoms. The molecule has 1 aromatic heterocycles. The Hall–Kier alpha value is -3.86. The van der Waals surface area contributed by atoms with Crippen LogP contribution in [0.5, 0.6) is 5.88 Å². The summed E-state index contributed by atoms with van der Waals surface area (Å²) in [6.45, 7) is 1.26. The van der Waals surface area contributed by atoms with E-state index in [9.17, 15) is 9.90 Å². The third kappa shape index (κ3) is 2.79. The van der Waals surface area contributed by atoms with Crippen molar-refractivity contribution in [1.29, 1.82) is 0 Å². The summed E-state index contributed by atoms with van der Waals surface area (Å²) in [5, 5.41) is 11.1. The van der Waals surface area contributed by atoms with Gasteiger partial charge in [0, 0.05) is 0 Å². The SMILES string of the molecule is O=c1c(-c2ccccc2)c(O)[n+]2c(n1-c1ccccc1)N(c1ccccc1)CC2. The minimum atomic E-state index is -0.242. The first-order valence-corrected chi connectivity index (χ1v) is 9.61. The average molecular weight is 382 g/mol. The van der Waals surface area contributed by atoms with Crippen LogP contribution in [-0.2, 0) is 6.54 Å². The maximum absolute atomic E-state index is 13.7. The van der Waals surface area contributed by atoms with E-state index in [0.29, 0.717) is 30.2 Å². The average Bonchev–Trinajstić information content (AvgIpc) is 3.21. The van der Waals surface area contributed by atoms with Gasteiger partial charge in [-0.05, 0) is 29.8 Å². The van der Waals surface area contributed by atoms with Crippen LogP contribution in [-0.4, -0.2) is 16.2 Å². The van der Waals surface area contributed by atoms with Crippen molar-refractivity contribution in [2.45, 2.75) is 6.54 Å². The third-order valence-corrected chi connectivity index (χ3v) is 5.27. The van der Waals surface area contributed by atoms with Crippen LogP contribution in [0.2, 0.25) is 0 Å². The topological polar surface area (TPSA) is 49.4 Å². The molecule has 0 atom stereocenters. The summed E-state index contributed by atoms with van der Waals surface area (Å²) in [5.74, 6) is 0.659. The van der Waals surface area contributed by atoms with Crippen LogP contribution in [0.25, 0.3) is 16.8 Å². The molecule has 3 aromatic carbocycles. The molecule has 0 radical (unpaired) electrons.